The Labute approximate surface area is 128 Å². The highest BCUT2D eigenvalue weighted by Gasteiger charge is 1.95. The predicted octanol–water partition coefficient (Wildman–Crippen LogP) is 3.85. The van der Waals surface area contributed by atoms with E-state index in [0.29, 0.717) is 0 Å². The molecule has 0 heterocycles. The maximum absolute atomic E-state index is 5.73. The van der Waals surface area contributed by atoms with Crippen LogP contribution in [-0.2, 0) is 12.8 Å². The molecular weight excluding hydrogens is 258 g/mol. The van der Waals surface area contributed by atoms with Crippen LogP contribution in [0.5, 0.6) is 5.75 Å². The van der Waals surface area contributed by atoms with Gasteiger partial charge in [0.2, 0.25) is 0 Å². The Bertz CT molecular complexity index is 493. The molecule has 0 fully saturated rings. The number of benzene rings is 2. The van der Waals surface area contributed by atoms with Crippen LogP contribution in [0.4, 0.5) is 0 Å². The highest BCUT2D eigenvalue weighted by atomic mass is 16.5. The fourth-order valence-corrected chi connectivity index (χ4v) is 2.21. The van der Waals surface area contributed by atoms with E-state index in [-0.39, 0.29) is 0 Å². The predicted molar refractivity (Wildman–Crippen MR) is 88.9 cm³/mol. The van der Waals surface area contributed by atoms with E-state index in [1.165, 1.54) is 11.1 Å². The Morgan fingerprint density at radius 1 is 0.857 bits per heavy atom. The highest BCUT2D eigenvalue weighted by molar-refractivity contribution is 5.27. The quantitative estimate of drug-likeness (QED) is 0.706. The molecule has 0 radical (unpaired) electrons. The van der Waals surface area contributed by atoms with Gasteiger partial charge < -0.3 is 10.1 Å². The van der Waals surface area contributed by atoms with Gasteiger partial charge in [0, 0.05) is 0 Å². The molecule has 2 rings (SSSR count). The molecule has 0 atom stereocenters. The second kappa shape index (κ2) is 9.19. The molecule has 2 aromatic carbocycles. The smallest absolute Gasteiger partial charge is 0.119 e. The van der Waals surface area contributed by atoms with Gasteiger partial charge in [0.05, 0.1) is 6.61 Å². The monoisotopic (exact) mass is 283 g/mol. The van der Waals surface area contributed by atoms with Crippen molar-refractivity contribution in [3.63, 3.8) is 0 Å². The van der Waals surface area contributed by atoms with Crippen LogP contribution in [0.15, 0.2) is 54.6 Å². The zero-order chi connectivity index (χ0) is 14.8. The molecule has 0 aliphatic carbocycles. The third kappa shape index (κ3) is 6.01. The van der Waals surface area contributed by atoms with E-state index in [4.69, 9.17) is 4.74 Å². The van der Waals surface area contributed by atoms with E-state index in [0.717, 1.165) is 44.7 Å². The Morgan fingerprint density at radius 2 is 1.62 bits per heavy atom. The first-order valence-electron chi connectivity index (χ1n) is 7.85. The lowest BCUT2D eigenvalue weighted by atomic mass is 10.1. The summed E-state index contributed by atoms with van der Waals surface area (Å²) < 4.78 is 5.73. The molecule has 112 valence electrons. The van der Waals surface area contributed by atoms with Crippen molar-refractivity contribution in [2.45, 2.75) is 26.2 Å². The van der Waals surface area contributed by atoms with Gasteiger partial charge in [-0.3, -0.25) is 0 Å². The largest absolute Gasteiger partial charge is 0.494 e. The van der Waals surface area contributed by atoms with Crippen LogP contribution in [0.3, 0.4) is 0 Å². The van der Waals surface area contributed by atoms with Crippen molar-refractivity contribution in [2.24, 2.45) is 0 Å². The number of hydrogen-bond donors (Lipinski definition) is 1. The zero-order valence-electron chi connectivity index (χ0n) is 12.8. The molecule has 0 aliphatic rings. The van der Waals surface area contributed by atoms with Crippen molar-refractivity contribution in [2.75, 3.05) is 19.7 Å². The molecule has 0 amide bonds. The minimum Gasteiger partial charge on any atom is -0.494 e. The van der Waals surface area contributed by atoms with Crippen molar-refractivity contribution in [3.8, 4) is 5.75 Å². The van der Waals surface area contributed by atoms with Gasteiger partial charge in [-0.2, -0.15) is 0 Å². The van der Waals surface area contributed by atoms with Crippen LogP contribution in [0.25, 0.3) is 0 Å². The molecule has 0 spiro atoms. The standard InChI is InChI=1S/C19H25NO/c1-2-17-9-11-19(12-10-17)21-16-6-14-20-15-13-18-7-4-3-5-8-18/h3-5,7-12,20H,2,6,13-16H2,1H3. The van der Waals surface area contributed by atoms with E-state index in [2.05, 4.69) is 66.8 Å². The van der Waals surface area contributed by atoms with E-state index in [9.17, 15) is 0 Å². The van der Waals surface area contributed by atoms with Crippen LogP contribution in [0.1, 0.15) is 24.5 Å². The molecule has 0 aliphatic heterocycles. The SMILES string of the molecule is CCc1ccc(OCCCNCCc2ccccc2)cc1. The summed E-state index contributed by atoms with van der Waals surface area (Å²) >= 11 is 0. The fourth-order valence-electron chi connectivity index (χ4n) is 2.21. The van der Waals surface area contributed by atoms with Gasteiger partial charge in [-0.05, 0) is 55.6 Å². The summed E-state index contributed by atoms with van der Waals surface area (Å²) in [5.74, 6) is 0.969. The number of ether oxygens (including phenoxy) is 1. The summed E-state index contributed by atoms with van der Waals surface area (Å²) in [6.07, 6.45) is 3.19. The van der Waals surface area contributed by atoms with E-state index >= 15 is 0 Å². The molecule has 21 heavy (non-hydrogen) atoms. The molecule has 0 aromatic heterocycles. The second-order valence-electron chi connectivity index (χ2n) is 5.19. The number of hydrogen-bond acceptors (Lipinski definition) is 2. The first kappa shape index (κ1) is 15.6. The maximum atomic E-state index is 5.73. The van der Waals surface area contributed by atoms with Crippen molar-refractivity contribution < 1.29 is 4.74 Å². The van der Waals surface area contributed by atoms with Crippen LogP contribution < -0.4 is 10.1 Å². The molecule has 0 bridgehead atoms. The molecule has 2 aromatic rings. The van der Waals surface area contributed by atoms with Gasteiger partial charge in [-0.25, -0.2) is 0 Å². The van der Waals surface area contributed by atoms with Crippen molar-refractivity contribution in [1.29, 1.82) is 0 Å². The molecule has 0 saturated carbocycles. The van der Waals surface area contributed by atoms with Gasteiger partial charge in [0.15, 0.2) is 0 Å². The summed E-state index contributed by atoms with van der Waals surface area (Å²) in [5, 5.41) is 3.46. The molecule has 2 heteroatoms. The zero-order valence-corrected chi connectivity index (χ0v) is 12.8. The Hall–Kier alpha value is -1.80. The van der Waals surface area contributed by atoms with Gasteiger partial charge >= 0.3 is 0 Å². The summed E-state index contributed by atoms with van der Waals surface area (Å²) in [6, 6.07) is 19.0. The Balaban J connectivity index is 1.51. The Kier molecular flexibility index (Phi) is 6.82. The average molecular weight is 283 g/mol. The van der Waals surface area contributed by atoms with E-state index in [1.54, 1.807) is 0 Å². The number of rotatable bonds is 9. The van der Waals surface area contributed by atoms with Crippen molar-refractivity contribution in [3.05, 3.63) is 65.7 Å². The summed E-state index contributed by atoms with van der Waals surface area (Å²) in [7, 11) is 0. The Morgan fingerprint density at radius 3 is 2.33 bits per heavy atom. The van der Waals surface area contributed by atoms with Crippen LogP contribution in [0.2, 0.25) is 0 Å². The summed E-state index contributed by atoms with van der Waals surface area (Å²) in [4.78, 5) is 0. The van der Waals surface area contributed by atoms with Crippen molar-refractivity contribution >= 4 is 0 Å². The lowest BCUT2D eigenvalue weighted by Crippen LogP contribution is -2.20. The first-order valence-corrected chi connectivity index (χ1v) is 7.85. The molecular formula is C19H25NO. The van der Waals surface area contributed by atoms with Gasteiger partial charge in [-0.15, -0.1) is 0 Å². The lowest BCUT2D eigenvalue weighted by Gasteiger charge is -2.08. The van der Waals surface area contributed by atoms with Gasteiger partial charge in [-0.1, -0.05) is 49.4 Å². The lowest BCUT2D eigenvalue weighted by molar-refractivity contribution is 0.308. The van der Waals surface area contributed by atoms with Crippen LogP contribution >= 0.6 is 0 Å². The summed E-state index contributed by atoms with van der Waals surface area (Å²) in [5.41, 5.74) is 2.74. The van der Waals surface area contributed by atoms with Crippen molar-refractivity contribution in [1.82, 2.24) is 5.32 Å². The third-order valence-electron chi connectivity index (χ3n) is 3.53. The van der Waals surface area contributed by atoms with Gasteiger partial charge in [0.25, 0.3) is 0 Å². The van der Waals surface area contributed by atoms with Gasteiger partial charge in [0.1, 0.15) is 5.75 Å². The minimum atomic E-state index is 0.768. The topological polar surface area (TPSA) is 21.3 Å². The maximum Gasteiger partial charge on any atom is 0.119 e. The molecule has 0 saturated heterocycles. The highest BCUT2D eigenvalue weighted by Crippen LogP contribution is 2.12. The molecule has 0 unspecified atom stereocenters. The molecule has 1 N–H and O–H groups in total. The average Bonchev–Trinajstić information content (AvgIpc) is 2.55. The number of aryl methyl sites for hydroxylation is 1. The third-order valence-corrected chi connectivity index (χ3v) is 3.53. The normalized spacial score (nSPS) is 10.5. The fraction of sp³-hybridized carbons (Fsp3) is 0.368. The van der Waals surface area contributed by atoms with Crippen LogP contribution in [0, 0.1) is 0 Å². The van der Waals surface area contributed by atoms with Crippen LogP contribution in [-0.4, -0.2) is 19.7 Å². The van der Waals surface area contributed by atoms with E-state index in [1.807, 2.05) is 0 Å². The number of nitrogens with one attached hydrogen (secondary N) is 1. The summed E-state index contributed by atoms with van der Waals surface area (Å²) in [6.45, 7) is 4.95. The minimum absolute atomic E-state index is 0.768. The second-order valence-corrected chi connectivity index (χ2v) is 5.19. The van der Waals surface area contributed by atoms with E-state index < -0.39 is 0 Å². The molecule has 2 nitrogen and oxygen atoms in total. The first-order chi connectivity index (χ1) is 10.4.